The highest BCUT2D eigenvalue weighted by Gasteiger charge is 2.15. The van der Waals surface area contributed by atoms with Gasteiger partial charge in [-0.2, -0.15) is 0 Å². The molecular weight excluding hydrogens is 361 g/mol. The van der Waals surface area contributed by atoms with Crippen molar-refractivity contribution in [2.24, 2.45) is 0 Å². The van der Waals surface area contributed by atoms with Crippen molar-refractivity contribution in [2.45, 2.75) is 13.8 Å². The summed E-state index contributed by atoms with van der Waals surface area (Å²) in [5.41, 5.74) is 1.92. The molecule has 2 amide bonds. The van der Waals surface area contributed by atoms with Crippen LogP contribution in [-0.2, 0) is 9.59 Å². The SMILES string of the molecule is CCN(CC)c1ccc(NC(=O)C(=O)Nc2ccc(Cl)cc2Cl)cc1. The zero-order valence-corrected chi connectivity index (χ0v) is 15.5. The molecule has 2 N–H and O–H groups in total. The first-order valence-corrected chi connectivity index (χ1v) is 8.62. The molecule has 0 unspecified atom stereocenters. The van der Waals surface area contributed by atoms with E-state index in [1.165, 1.54) is 12.1 Å². The number of carbonyl (C=O) groups excluding carboxylic acids is 2. The van der Waals surface area contributed by atoms with Crippen molar-refractivity contribution in [1.29, 1.82) is 0 Å². The molecular formula is C18H19Cl2N3O2. The molecule has 0 radical (unpaired) electrons. The fourth-order valence-corrected chi connectivity index (χ4v) is 2.76. The van der Waals surface area contributed by atoms with Gasteiger partial charge in [0.1, 0.15) is 0 Å². The van der Waals surface area contributed by atoms with E-state index in [1.54, 1.807) is 18.2 Å². The molecule has 0 atom stereocenters. The van der Waals surface area contributed by atoms with E-state index in [0.29, 0.717) is 16.4 Å². The highest BCUT2D eigenvalue weighted by Crippen LogP contribution is 2.25. The van der Waals surface area contributed by atoms with Crippen molar-refractivity contribution < 1.29 is 9.59 Å². The van der Waals surface area contributed by atoms with Crippen molar-refractivity contribution in [3.8, 4) is 0 Å². The van der Waals surface area contributed by atoms with Gasteiger partial charge in [0.05, 0.1) is 10.7 Å². The Kier molecular flexibility index (Phi) is 6.67. The molecule has 7 heteroatoms. The molecule has 0 aliphatic rings. The predicted octanol–water partition coefficient (Wildman–Crippen LogP) is 4.42. The van der Waals surface area contributed by atoms with Crippen LogP contribution in [0.3, 0.4) is 0 Å². The fourth-order valence-electron chi connectivity index (χ4n) is 2.30. The molecule has 0 saturated heterocycles. The van der Waals surface area contributed by atoms with Gasteiger partial charge < -0.3 is 15.5 Å². The van der Waals surface area contributed by atoms with Crippen LogP contribution in [0, 0.1) is 0 Å². The Morgan fingerprint density at radius 2 is 1.52 bits per heavy atom. The lowest BCUT2D eigenvalue weighted by Gasteiger charge is -2.21. The van der Waals surface area contributed by atoms with Crippen LogP contribution in [0.5, 0.6) is 0 Å². The minimum atomic E-state index is -0.808. The number of hydrogen-bond acceptors (Lipinski definition) is 3. The summed E-state index contributed by atoms with van der Waals surface area (Å²) in [5, 5.41) is 5.72. The van der Waals surface area contributed by atoms with Gasteiger partial charge in [-0.1, -0.05) is 23.2 Å². The number of nitrogens with zero attached hydrogens (tertiary/aromatic N) is 1. The van der Waals surface area contributed by atoms with Gasteiger partial charge in [0.2, 0.25) is 0 Å². The Hall–Kier alpha value is -2.24. The lowest BCUT2D eigenvalue weighted by Crippen LogP contribution is -2.29. The highest BCUT2D eigenvalue weighted by atomic mass is 35.5. The van der Waals surface area contributed by atoms with Gasteiger partial charge >= 0.3 is 11.8 Å². The molecule has 0 fully saturated rings. The molecule has 0 aliphatic carbocycles. The van der Waals surface area contributed by atoms with Crippen LogP contribution in [0.25, 0.3) is 0 Å². The van der Waals surface area contributed by atoms with Gasteiger partial charge in [0, 0.05) is 29.5 Å². The molecule has 0 spiro atoms. The first kappa shape index (κ1) is 19.1. The smallest absolute Gasteiger partial charge is 0.314 e. The highest BCUT2D eigenvalue weighted by molar-refractivity contribution is 6.45. The Bertz CT molecular complexity index is 759. The van der Waals surface area contributed by atoms with Gasteiger partial charge in [-0.05, 0) is 56.3 Å². The molecule has 132 valence electrons. The third-order valence-electron chi connectivity index (χ3n) is 3.64. The molecule has 0 saturated carbocycles. The minimum Gasteiger partial charge on any atom is -0.372 e. The summed E-state index contributed by atoms with van der Waals surface area (Å²) in [7, 11) is 0. The first-order chi connectivity index (χ1) is 11.9. The van der Waals surface area contributed by atoms with E-state index in [0.717, 1.165) is 18.8 Å². The maximum absolute atomic E-state index is 12.0. The number of nitrogens with one attached hydrogen (secondary N) is 2. The Labute approximate surface area is 156 Å². The summed E-state index contributed by atoms with van der Waals surface area (Å²) >= 11 is 11.8. The maximum atomic E-state index is 12.0. The quantitative estimate of drug-likeness (QED) is 0.755. The van der Waals surface area contributed by atoms with E-state index in [-0.39, 0.29) is 5.02 Å². The third-order valence-corrected chi connectivity index (χ3v) is 4.19. The van der Waals surface area contributed by atoms with Crippen molar-refractivity contribution in [2.75, 3.05) is 28.6 Å². The number of rotatable bonds is 5. The largest absolute Gasteiger partial charge is 0.372 e. The van der Waals surface area contributed by atoms with E-state index < -0.39 is 11.8 Å². The average molecular weight is 380 g/mol. The van der Waals surface area contributed by atoms with Gasteiger partial charge in [-0.15, -0.1) is 0 Å². The zero-order chi connectivity index (χ0) is 18.4. The normalized spacial score (nSPS) is 10.2. The van der Waals surface area contributed by atoms with E-state index in [1.807, 2.05) is 12.1 Å². The zero-order valence-electron chi connectivity index (χ0n) is 14.0. The number of carbonyl (C=O) groups is 2. The van der Waals surface area contributed by atoms with E-state index in [2.05, 4.69) is 29.4 Å². The molecule has 5 nitrogen and oxygen atoms in total. The standard InChI is InChI=1S/C18H19Cl2N3O2/c1-3-23(4-2)14-8-6-13(7-9-14)21-17(24)18(25)22-16-10-5-12(19)11-15(16)20/h5-11H,3-4H2,1-2H3,(H,21,24)(H,22,25). The molecule has 0 aromatic heterocycles. The van der Waals surface area contributed by atoms with Crippen LogP contribution in [0.15, 0.2) is 42.5 Å². The van der Waals surface area contributed by atoms with Crippen LogP contribution in [0.2, 0.25) is 10.0 Å². The second-order valence-corrected chi connectivity index (χ2v) is 6.10. The Morgan fingerprint density at radius 1 is 0.920 bits per heavy atom. The van der Waals surface area contributed by atoms with Crippen molar-refractivity contribution in [1.82, 2.24) is 0 Å². The average Bonchev–Trinajstić information content (AvgIpc) is 2.59. The van der Waals surface area contributed by atoms with Gasteiger partial charge in [0.15, 0.2) is 0 Å². The van der Waals surface area contributed by atoms with E-state index in [9.17, 15) is 9.59 Å². The summed E-state index contributed by atoms with van der Waals surface area (Å²) in [4.78, 5) is 26.2. The summed E-state index contributed by atoms with van der Waals surface area (Å²) in [5.74, 6) is -1.58. The fraction of sp³-hybridized carbons (Fsp3) is 0.222. The number of anilines is 3. The summed E-state index contributed by atoms with van der Waals surface area (Å²) in [6.45, 7) is 5.94. The lowest BCUT2D eigenvalue weighted by atomic mass is 10.2. The van der Waals surface area contributed by atoms with E-state index >= 15 is 0 Å². The maximum Gasteiger partial charge on any atom is 0.314 e. The Balaban J connectivity index is 2.00. The van der Waals surface area contributed by atoms with Crippen LogP contribution in [-0.4, -0.2) is 24.9 Å². The Morgan fingerprint density at radius 3 is 2.08 bits per heavy atom. The molecule has 0 aliphatic heterocycles. The van der Waals surface area contributed by atoms with Crippen LogP contribution in [0.4, 0.5) is 17.1 Å². The van der Waals surface area contributed by atoms with E-state index in [4.69, 9.17) is 23.2 Å². The molecule has 2 aromatic rings. The molecule has 0 bridgehead atoms. The van der Waals surface area contributed by atoms with Gasteiger partial charge in [-0.3, -0.25) is 9.59 Å². The van der Waals surface area contributed by atoms with Crippen molar-refractivity contribution >= 4 is 52.1 Å². The molecule has 2 aromatic carbocycles. The number of amides is 2. The first-order valence-electron chi connectivity index (χ1n) is 7.87. The number of halogens is 2. The molecule has 2 rings (SSSR count). The summed E-state index contributed by atoms with van der Waals surface area (Å²) in [6, 6.07) is 11.9. The molecule has 0 heterocycles. The van der Waals surface area contributed by atoms with Crippen molar-refractivity contribution in [3.63, 3.8) is 0 Å². The number of benzene rings is 2. The summed E-state index contributed by atoms with van der Waals surface area (Å²) in [6.07, 6.45) is 0. The monoisotopic (exact) mass is 379 g/mol. The van der Waals surface area contributed by atoms with Gasteiger partial charge in [-0.25, -0.2) is 0 Å². The van der Waals surface area contributed by atoms with Crippen molar-refractivity contribution in [3.05, 3.63) is 52.5 Å². The minimum absolute atomic E-state index is 0.261. The van der Waals surface area contributed by atoms with Gasteiger partial charge in [0.25, 0.3) is 0 Å². The molecule has 25 heavy (non-hydrogen) atoms. The third kappa shape index (κ3) is 5.11. The summed E-state index contributed by atoms with van der Waals surface area (Å²) < 4.78 is 0. The predicted molar refractivity (Wildman–Crippen MR) is 104 cm³/mol. The van der Waals surface area contributed by atoms with Crippen LogP contribution in [0.1, 0.15) is 13.8 Å². The number of hydrogen-bond donors (Lipinski definition) is 2. The second-order valence-electron chi connectivity index (χ2n) is 5.25. The lowest BCUT2D eigenvalue weighted by molar-refractivity contribution is -0.132. The van der Waals surface area contributed by atoms with Crippen LogP contribution >= 0.6 is 23.2 Å². The van der Waals surface area contributed by atoms with Crippen LogP contribution < -0.4 is 15.5 Å². The second kappa shape index (κ2) is 8.74. The topological polar surface area (TPSA) is 61.4 Å².